The number of ether oxygens (including phenoxy) is 1. The van der Waals surface area contributed by atoms with Crippen LogP contribution in [0, 0.1) is 0 Å². The molecule has 1 aliphatic rings. The fourth-order valence-electron chi connectivity index (χ4n) is 4.83. The smallest absolute Gasteiger partial charge is 0.407 e. The Morgan fingerprint density at radius 2 is 1.51 bits per heavy atom. The molecule has 2 amide bonds. The van der Waals surface area contributed by atoms with Crippen LogP contribution < -0.4 is 10.6 Å². The van der Waals surface area contributed by atoms with Crippen LogP contribution >= 0.6 is 0 Å². The minimum absolute atomic E-state index is 0.0580. The molecule has 0 fully saturated rings. The first-order valence-electron chi connectivity index (χ1n) is 12.9. The predicted molar refractivity (Wildman–Crippen MR) is 146 cm³/mol. The number of nitrogens with zero attached hydrogens (tertiary/aromatic N) is 1. The summed E-state index contributed by atoms with van der Waals surface area (Å²) in [7, 11) is 1.83. The van der Waals surface area contributed by atoms with E-state index in [2.05, 4.69) is 22.8 Å². The number of carbonyl (C=O) groups is 3. The Labute approximate surface area is 227 Å². The van der Waals surface area contributed by atoms with Gasteiger partial charge in [-0.05, 0) is 34.9 Å². The molecule has 0 aromatic heterocycles. The van der Waals surface area contributed by atoms with E-state index >= 15 is 0 Å². The Morgan fingerprint density at radius 3 is 2.13 bits per heavy atom. The van der Waals surface area contributed by atoms with Crippen LogP contribution in [0.2, 0.25) is 0 Å². The minimum Gasteiger partial charge on any atom is -0.479 e. The molecule has 9 nitrogen and oxygen atoms in total. The van der Waals surface area contributed by atoms with Crippen molar-refractivity contribution in [3.05, 3.63) is 95.6 Å². The van der Waals surface area contributed by atoms with Crippen molar-refractivity contribution in [1.29, 1.82) is 0 Å². The van der Waals surface area contributed by atoms with Gasteiger partial charge in [0.25, 0.3) is 0 Å². The van der Waals surface area contributed by atoms with Crippen LogP contribution in [-0.4, -0.2) is 72.0 Å². The predicted octanol–water partition coefficient (Wildman–Crippen LogP) is 2.98. The maximum Gasteiger partial charge on any atom is 0.407 e. The normalized spacial score (nSPS) is 13.7. The van der Waals surface area contributed by atoms with E-state index in [0.717, 1.165) is 27.8 Å². The number of rotatable bonds is 12. The summed E-state index contributed by atoms with van der Waals surface area (Å²) in [5, 5.41) is 23.6. The second-order valence-electron chi connectivity index (χ2n) is 9.64. The highest BCUT2D eigenvalue weighted by Crippen LogP contribution is 2.44. The quantitative estimate of drug-likeness (QED) is 0.283. The second kappa shape index (κ2) is 13.0. The Kier molecular flexibility index (Phi) is 9.30. The fourth-order valence-corrected chi connectivity index (χ4v) is 4.83. The number of hydrogen-bond acceptors (Lipinski definition) is 6. The number of carboxylic acids is 1. The zero-order valence-electron chi connectivity index (χ0n) is 21.7. The Bertz CT molecular complexity index is 1250. The lowest BCUT2D eigenvalue weighted by atomic mass is 9.98. The summed E-state index contributed by atoms with van der Waals surface area (Å²) >= 11 is 0. The summed E-state index contributed by atoms with van der Waals surface area (Å²) in [4.78, 5) is 38.6. The van der Waals surface area contributed by atoms with Gasteiger partial charge in [0.2, 0.25) is 5.91 Å². The standard InChI is InChI=1S/C30H33N3O6/c1-33(17-20-9-3-2-4-10-20)18-26(28(35)31-16-15-27(34)29(36)37)32-30(38)39-19-25-23-13-7-5-11-21(23)22-12-6-8-14-24(22)25/h2-14,25-27,34H,15-19H2,1H3,(H,31,35)(H,32,38)(H,36,37)/t26?,27-/m0/s1. The molecule has 2 atom stereocenters. The molecular formula is C30H33N3O6. The van der Waals surface area contributed by atoms with E-state index in [1.54, 1.807) is 0 Å². The molecule has 1 aliphatic carbocycles. The third kappa shape index (κ3) is 7.22. The molecule has 0 aliphatic heterocycles. The van der Waals surface area contributed by atoms with Crippen molar-refractivity contribution < 1.29 is 29.3 Å². The van der Waals surface area contributed by atoms with Gasteiger partial charge in [-0.15, -0.1) is 0 Å². The fraction of sp³-hybridized carbons (Fsp3) is 0.300. The minimum atomic E-state index is -1.58. The summed E-state index contributed by atoms with van der Waals surface area (Å²) in [6.45, 7) is 0.789. The average Bonchev–Trinajstić information content (AvgIpc) is 3.25. The molecule has 204 valence electrons. The van der Waals surface area contributed by atoms with Crippen LogP contribution in [0.4, 0.5) is 4.79 Å². The molecule has 0 saturated carbocycles. The number of aliphatic hydroxyl groups is 1. The van der Waals surface area contributed by atoms with Crippen molar-refractivity contribution in [2.24, 2.45) is 0 Å². The van der Waals surface area contributed by atoms with Gasteiger partial charge < -0.3 is 25.6 Å². The molecule has 39 heavy (non-hydrogen) atoms. The maximum absolute atomic E-state index is 13.0. The van der Waals surface area contributed by atoms with Crippen LogP contribution in [0.15, 0.2) is 78.9 Å². The van der Waals surface area contributed by atoms with Crippen LogP contribution in [0.1, 0.15) is 29.0 Å². The molecule has 3 aromatic rings. The first kappa shape index (κ1) is 27.8. The Morgan fingerprint density at radius 1 is 0.923 bits per heavy atom. The lowest BCUT2D eigenvalue weighted by Gasteiger charge is -2.25. The number of fused-ring (bicyclic) bond motifs is 3. The zero-order chi connectivity index (χ0) is 27.8. The number of hydrogen-bond donors (Lipinski definition) is 4. The summed E-state index contributed by atoms with van der Waals surface area (Å²) in [5.41, 5.74) is 5.45. The number of alkyl carbamates (subject to hydrolysis) is 1. The number of aliphatic hydroxyl groups excluding tert-OH is 1. The first-order chi connectivity index (χ1) is 18.8. The maximum atomic E-state index is 13.0. The molecule has 0 heterocycles. The van der Waals surface area contributed by atoms with Crippen molar-refractivity contribution in [3.63, 3.8) is 0 Å². The van der Waals surface area contributed by atoms with E-state index in [4.69, 9.17) is 9.84 Å². The number of carboxylic acid groups (broad SMARTS) is 1. The monoisotopic (exact) mass is 531 g/mol. The number of amides is 2. The lowest BCUT2D eigenvalue weighted by molar-refractivity contribution is -0.147. The van der Waals surface area contributed by atoms with E-state index in [0.29, 0.717) is 6.54 Å². The van der Waals surface area contributed by atoms with Gasteiger partial charge in [0.1, 0.15) is 12.6 Å². The van der Waals surface area contributed by atoms with Crippen molar-refractivity contribution in [2.75, 3.05) is 26.7 Å². The Balaban J connectivity index is 1.39. The molecule has 0 spiro atoms. The van der Waals surface area contributed by atoms with Crippen LogP contribution in [-0.2, 0) is 20.9 Å². The number of carbonyl (C=O) groups excluding carboxylic acids is 2. The topological polar surface area (TPSA) is 128 Å². The highest BCUT2D eigenvalue weighted by molar-refractivity contribution is 5.86. The lowest BCUT2D eigenvalue weighted by Crippen LogP contribution is -2.52. The number of aliphatic carboxylic acids is 1. The molecule has 0 saturated heterocycles. The van der Waals surface area contributed by atoms with Crippen molar-refractivity contribution in [1.82, 2.24) is 15.5 Å². The first-order valence-corrected chi connectivity index (χ1v) is 12.9. The van der Waals surface area contributed by atoms with Gasteiger partial charge in [0, 0.05) is 32.0 Å². The molecule has 4 rings (SSSR count). The molecular weight excluding hydrogens is 498 g/mol. The van der Waals surface area contributed by atoms with Gasteiger partial charge in [-0.25, -0.2) is 9.59 Å². The van der Waals surface area contributed by atoms with E-state index in [1.165, 1.54) is 0 Å². The molecule has 3 aromatic carbocycles. The number of nitrogens with one attached hydrogen (secondary N) is 2. The highest BCUT2D eigenvalue weighted by Gasteiger charge is 2.30. The van der Waals surface area contributed by atoms with Gasteiger partial charge >= 0.3 is 12.1 Å². The number of likely N-dealkylation sites (N-methyl/N-ethyl adjacent to an activating group) is 1. The number of benzene rings is 3. The van der Waals surface area contributed by atoms with E-state index < -0.39 is 30.1 Å². The molecule has 1 unspecified atom stereocenters. The SMILES string of the molecule is CN(Cc1ccccc1)CC(NC(=O)OCC1c2ccccc2-c2ccccc21)C(=O)NCC[C@H](O)C(=O)O. The van der Waals surface area contributed by atoms with Crippen molar-refractivity contribution >= 4 is 18.0 Å². The molecule has 0 radical (unpaired) electrons. The zero-order valence-corrected chi connectivity index (χ0v) is 21.7. The van der Waals surface area contributed by atoms with Gasteiger partial charge in [-0.1, -0.05) is 78.9 Å². The third-order valence-corrected chi connectivity index (χ3v) is 6.74. The van der Waals surface area contributed by atoms with Gasteiger partial charge in [-0.3, -0.25) is 9.69 Å². The van der Waals surface area contributed by atoms with E-state index in [-0.39, 0.29) is 32.0 Å². The summed E-state index contributed by atoms with van der Waals surface area (Å²) in [5.74, 6) is -1.98. The van der Waals surface area contributed by atoms with Crippen LogP contribution in [0.3, 0.4) is 0 Å². The summed E-state index contributed by atoms with van der Waals surface area (Å²) < 4.78 is 5.63. The van der Waals surface area contributed by atoms with Crippen molar-refractivity contribution in [3.8, 4) is 11.1 Å². The van der Waals surface area contributed by atoms with Crippen LogP contribution in [0.25, 0.3) is 11.1 Å². The summed E-state index contributed by atoms with van der Waals surface area (Å²) in [6, 6.07) is 24.8. The van der Waals surface area contributed by atoms with Crippen LogP contribution in [0.5, 0.6) is 0 Å². The molecule has 4 N–H and O–H groups in total. The molecule has 9 heteroatoms. The second-order valence-corrected chi connectivity index (χ2v) is 9.64. The highest BCUT2D eigenvalue weighted by atomic mass is 16.5. The third-order valence-electron chi connectivity index (χ3n) is 6.74. The van der Waals surface area contributed by atoms with Crippen molar-refractivity contribution in [2.45, 2.75) is 31.0 Å². The van der Waals surface area contributed by atoms with E-state index in [9.17, 15) is 19.5 Å². The Hall–Kier alpha value is -4.21. The summed E-state index contributed by atoms with van der Waals surface area (Å²) in [6.07, 6.45) is -2.46. The van der Waals surface area contributed by atoms with E-state index in [1.807, 2.05) is 78.7 Å². The molecule has 0 bridgehead atoms. The van der Waals surface area contributed by atoms with Gasteiger partial charge in [0.15, 0.2) is 6.10 Å². The van der Waals surface area contributed by atoms with Gasteiger partial charge in [-0.2, -0.15) is 0 Å². The largest absolute Gasteiger partial charge is 0.479 e. The average molecular weight is 532 g/mol. The van der Waals surface area contributed by atoms with Gasteiger partial charge in [0.05, 0.1) is 0 Å².